The second-order valence-corrected chi connectivity index (χ2v) is 10.0. The van der Waals surface area contributed by atoms with E-state index in [9.17, 15) is 4.79 Å². The standard InChI is InChI=1S/C25H28N4O2S/c1-15-11-17(7-10-20(15)31-6)13-23(30)27-22-12-16(2)28-29(22)24-26-19-9-8-18(25(3,4)5)14-21(19)32-24/h7-12,14H,13H2,1-6H3,(H,27,30). The lowest BCUT2D eigenvalue weighted by molar-refractivity contribution is -0.115. The number of nitrogens with one attached hydrogen (secondary N) is 1. The zero-order valence-electron chi connectivity index (χ0n) is 19.3. The van der Waals surface area contributed by atoms with Crippen LogP contribution in [0.1, 0.15) is 43.2 Å². The van der Waals surface area contributed by atoms with Gasteiger partial charge in [-0.3, -0.25) is 4.79 Å². The van der Waals surface area contributed by atoms with Gasteiger partial charge in [0.15, 0.2) is 0 Å². The molecule has 166 valence electrons. The van der Waals surface area contributed by atoms with E-state index in [0.717, 1.165) is 37.9 Å². The van der Waals surface area contributed by atoms with Crippen molar-refractivity contribution < 1.29 is 9.53 Å². The molecule has 0 radical (unpaired) electrons. The summed E-state index contributed by atoms with van der Waals surface area (Å²) in [5, 5.41) is 8.31. The molecule has 0 fully saturated rings. The quantitative estimate of drug-likeness (QED) is 0.432. The highest BCUT2D eigenvalue weighted by atomic mass is 32.1. The van der Waals surface area contributed by atoms with Gasteiger partial charge in [-0.25, -0.2) is 4.98 Å². The number of rotatable bonds is 5. The number of ether oxygens (including phenoxy) is 1. The molecule has 0 atom stereocenters. The van der Waals surface area contributed by atoms with Crippen molar-refractivity contribution >= 4 is 33.3 Å². The molecular weight excluding hydrogens is 420 g/mol. The van der Waals surface area contributed by atoms with Crippen LogP contribution < -0.4 is 10.1 Å². The number of hydrogen-bond acceptors (Lipinski definition) is 5. The SMILES string of the molecule is COc1ccc(CC(=O)Nc2cc(C)nn2-c2nc3ccc(C(C)(C)C)cc3s2)cc1C. The Labute approximate surface area is 192 Å². The molecule has 2 aromatic carbocycles. The van der Waals surface area contributed by atoms with Crippen LogP contribution in [-0.2, 0) is 16.6 Å². The van der Waals surface area contributed by atoms with Crippen molar-refractivity contribution in [1.29, 1.82) is 0 Å². The average Bonchev–Trinajstić information content (AvgIpc) is 3.29. The summed E-state index contributed by atoms with van der Waals surface area (Å²) in [6, 6.07) is 14.0. The monoisotopic (exact) mass is 448 g/mol. The molecule has 1 amide bonds. The first-order chi connectivity index (χ1) is 15.1. The van der Waals surface area contributed by atoms with Crippen molar-refractivity contribution in [2.45, 2.75) is 46.5 Å². The molecule has 0 unspecified atom stereocenters. The minimum Gasteiger partial charge on any atom is -0.496 e. The minimum atomic E-state index is -0.105. The molecule has 4 rings (SSSR count). The summed E-state index contributed by atoms with van der Waals surface area (Å²) in [4.78, 5) is 17.5. The van der Waals surface area contributed by atoms with E-state index in [0.29, 0.717) is 5.82 Å². The molecule has 0 aliphatic carbocycles. The van der Waals surface area contributed by atoms with Crippen LogP contribution in [0.5, 0.6) is 5.75 Å². The second-order valence-electron chi connectivity index (χ2n) is 9.04. The van der Waals surface area contributed by atoms with Gasteiger partial charge in [-0.1, -0.05) is 50.3 Å². The first-order valence-corrected chi connectivity index (χ1v) is 11.4. The topological polar surface area (TPSA) is 69.0 Å². The summed E-state index contributed by atoms with van der Waals surface area (Å²) >= 11 is 1.57. The summed E-state index contributed by atoms with van der Waals surface area (Å²) in [5.41, 5.74) is 5.01. The maximum atomic E-state index is 12.8. The van der Waals surface area contributed by atoms with Crippen molar-refractivity contribution in [3.63, 3.8) is 0 Å². The van der Waals surface area contributed by atoms with Crippen molar-refractivity contribution in [1.82, 2.24) is 14.8 Å². The van der Waals surface area contributed by atoms with Crippen LogP contribution in [-0.4, -0.2) is 27.8 Å². The minimum absolute atomic E-state index is 0.0690. The normalized spacial score (nSPS) is 11.7. The van der Waals surface area contributed by atoms with E-state index in [-0.39, 0.29) is 17.7 Å². The number of aryl methyl sites for hydroxylation is 2. The Bertz CT molecular complexity index is 1300. The highest BCUT2D eigenvalue weighted by Crippen LogP contribution is 2.31. The summed E-state index contributed by atoms with van der Waals surface area (Å²) in [6.45, 7) is 10.5. The number of hydrogen-bond donors (Lipinski definition) is 1. The Morgan fingerprint density at radius 3 is 2.59 bits per heavy atom. The van der Waals surface area contributed by atoms with E-state index in [1.165, 1.54) is 5.56 Å². The van der Waals surface area contributed by atoms with Crippen LogP contribution >= 0.6 is 11.3 Å². The summed E-state index contributed by atoms with van der Waals surface area (Å²) in [6.07, 6.45) is 0.268. The van der Waals surface area contributed by atoms with Crippen LogP contribution in [0.3, 0.4) is 0 Å². The predicted octanol–water partition coefficient (Wildman–Crippen LogP) is 5.59. The predicted molar refractivity (Wildman–Crippen MR) is 130 cm³/mol. The molecular formula is C25H28N4O2S. The van der Waals surface area contributed by atoms with E-state index in [2.05, 4.69) is 49.4 Å². The number of carbonyl (C=O) groups is 1. The van der Waals surface area contributed by atoms with E-state index >= 15 is 0 Å². The summed E-state index contributed by atoms with van der Waals surface area (Å²) in [5.74, 6) is 1.33. The van der Waals surface area contributed by atoms with Gasteiger partial charge in [-0.05, 0) is 54.2 Å². The van der Waals surface area contributed by atoms with E-state index < -0.39 is 0 Å². The van der Waals surface area contributed by atoms with Crippen LogP contribution in [0.4, 0.5) is 5.82 Å². The number of nitrogens with zero attached hydrogens (tertiary/aromatic N) is 3. The van der Waals surface area contributed by atoms with Gasteiger partial charge in [0.25, 0.3) is 0 Å². The number of amides is 1. The summed E-state index contributed by atoms with van der Waals surface area (Å²) in [7, 11) is 1.64. The number of fused-ring (bicyclic) bond motifs is 1. The molecule has 2 heterocycles. The van der Waals surface area contributed by atoms with Gasteiger partial charge in [-0.2, -0.15) is 9.78 Å². The maximum Gasteiger partial charge on any atom is 0.229 e. The highest BCUT2D eigenvalue weighted by molar-refractivity contribution is 7.20. The van der Waals surface area contributed by atoms with Gasteiger partial charge < -0.3 is 10.1 Å². The zero-order chi connectivity index (χ0) is 23.0. The van der Waals surface area contributed by atoms with Crippen molar-refractivity contribution in [2.75, 3.05) is 12.4 Å². The molecule has 6 nitrogen and oxygen atoms in total. The molecule has 0 spiro atoms. The van der Waals surface area contributed by atoms with Gasteiger partial charge in [0, 0.05) is 6.07 Å². The largest absolute Gasteiger partial charge is 0.496 e. The van der Waals surface area contributed by atoms with Gasteiger partial charge in [-0.15, -0.1) is 0 Å². The Morgan fingerprint density at radius 1 is 1.12 bits per heavy atom. The third kappa shape index (κ3) is 4.53. The van der Waals surface area contributed by atoms with Crippen molar-refractivity contribution in [3.05, 3.63) is 64.8 Å². The van der Waals surface area contributed by atoms with Gasteiger partial charge in [0.1, 0.15) is 11.6 Å². The molecule has 4 aromatic rings. The molecule has 32 heavy (non-hydrogen) atoms. The number of methoxy groups -OCH3 is 1. The molecule has 1 N–H and O–H groups in total. The Hall–Kier alpha value is -3.19. The fourth-order valence-corrected chi connectivity index (χ4v) is 4.60. The van der Waals surface area contributed by atoms with Gasteiger partial charge >= 0.3 is 0 Å². The molecule has 0 aliphatic rings. The summed E-state index contributed by atoms with van der Waals surface area (Å²) < 4.78 is 8.12. The van der Waals surface area contributed by atoms with E-state index in [1.807, 2.05) is 38.1 Å². The lowest BCUT2D eigenvalue weighted by atomic mass is 9.87. The van der Waals surface area contributed by atoms with Crippen LogP contribution in [0.2, 0.25) is 0 Å². The number of thiazole rings is 1. The molecule has 2 aromatic heterocycles. The Kier molecular flexibility index (Phi) is 5.77. The van der Waals surface area contributed by atoms with Gasteiger partial charge in [0.05, 0.1) is 29.4 Å². The zero-order valence-corrected chi connectivity index (χ0v) is 20.1. The lowest BCUT2D eigenvalue weighted by Crippen LogP contribution is -2.17. The van der Waals surface area contributed by atoms with Crippen LogP contribution in [0, 0.1) is 13.8 Å². The average molecular weight is 449 g/mol. The highest BCUT2D eigenvalue weighted by Gasteiger charge is 2.18. The van der Waals surface area contributed by atoms with E-state index in [1.54, 1.807) is 23.1 Å². The van der Waals surface area contributed by atoms with Crippen LogP contribution in [0.15, 0.2) is 42.5 Å². The van der Waals surface area contributed by atoms with Crippen LogP contribution in [0.25, 0.3) is 15.3 Å². The molecule has 7 heteroatoms. The molecule has 0 saturated carbocycles. The smallest absolute Gasteiger partial charge is 0.229 e. The molecule has 0 bridgehead atoms. The van der Waals surface area contributed by atoms with Crippen molar-refractivity contribution in [3.8, 4) is 10.9 Å². The lowest BCUT2D eigenvalue weighted by Gasteiger charge is -2.18. The Morgan fingerprint density at radius 2 is 1.91 bits per heavy atom. The Balaban J connectivity index is 1.59. The first-order valence-electron chi connectivity index (χ1n) is 10.6. The van der Waals surface area contributed by atoms with E-state index in [4.69, 9.17) is 9.72 Å². The fraction of sp³-hybridized carbons (Fsp3) is 0.320. The number of anilines is 1. The molecule has 0 saturated heterocycles. The van der Waals surface area contributed by atoms with Crippen molar-refractivity contribution in [2.24, 2.45) is 0 Å². The molecule has 0 aliphatic heterocycles. The number of carbonyl (C=O) groups excluding carboxylic acids is 1. The number of benzene rings is 2. The fourth-order valence-electron chi connectivity index (χ4n) is 3.63. The maximum absolute atomic E-state index is 12.8. The third-order valence-corrected chi connectivity index (χ3v) is 6.34. The van der Waals surface area contributed by atoms with Gasteiger partial charge in [0.2, 0.25) is 11.0 Å². The third-order valence-electron chi connectivity index (χ3n) is 5.35. The first kappa shape index (κ1) is 22.0. The second kappa shape index (κ2) is 8.39. The number of aromatic nitrogens is 3.